The third kappa shape index (κ3) is 1.77. The number of benzene rings is 1. The van der Waals surface area contributed by atoms with Crippen LogP contribution in [0.3, 0.4) is 0 Å². The Morgan fingerprint density at radius 3 is 2.21 bits per heavy atom. The second-order valence-electron chi connectivity index (χ2n) is 4.11. The third-order valence-electron chi connectivity index (χ3n) is 2.62. The molecule has 1 saturated carbocycles. The normalized spacial score (nSPS) is 18.3. The second-order valence-corrected chi connectivity index (χ2v) is 4.11. The summed E-state index contributed by atoms with van der Waals surface area (Å²) in [5.74, 6) is -1.11. The fraction of sp³-hybridized carbons (Fsp3) is 0.455. The van der Waals surface area contributed by atoms with Crippen molar-refractivity contribution in [1.82, 2.24) is 0 Å². The highest BCUT2D eigenvalue weighted by Gasteiger charge is 2.41. The van der Waals surface area contributed by atoms with Crippen LogP contribution in [0.15, 0.2) is 12.1 Å². The zero-order chi connectivity index (χ0) is 10.3. The zero-order valence-electron chi connectivity index (χ0n) is 7.98. The minimum absolute atomic E-state index is 0.00981. The molecule has 0 unspecified atom stereocenters. The first-order chi connectivity index (χ1) is 6.50. The van der Waals surface area contributed by atoms with Crippen molar-refractivity contribution >= 4 is 0 Å². The van der Waals surface area contributed by atoms with Crippen LogP contribution in [0.25, 0.3) is 0 Å². The summed E-state index contributed by atoms with van der Waals surface area (Å²) in [6.45, 7) is 1.64. The quantitative estimate of drug-likeness (QED) is 0.773. The van der Waals surface area contributed by atoms with E-state index in [0.717, 1.165) is 0 Å². The molecule has 0 amide bonds. The number of hydrogen-bond donors (Lipinski definition) is 1. The molecule has 2 rings (SSSR count). The summed E-state index contributed by atoms with van der Waals surface area (Å²) in [6, 6.07) is 2.59. The Hall–Kier alpha value is -0.960. The molecule has 1 aliphatic carbocycles. The van der Waals surface area contributed by atoms with Crippen LogP contribution in [-0.4, -0.2) is 10.7 Å². The Labute approximate surface area is 81.4 Å². The summed E-state index contributed by atoms with van der Waals surface area (Å²) < 4.78 is 26.6. The summed E-state index contributed by atoms with van der Waals surface area (Å²) in [6.07, 6.45) is 1.37. The van der Waals surface area contributed by atoms with Crippen molar-refractivity contribution in [2.45, 2.75) is 31.8 Å². The highest BCUT2D eigenvalue weighted by Crippen LogP contribution is 2.39. The molecule has 0 heterocycles. The molecule has 0 radical (unpaired) electrons. The molecule has 1 aliphatic rings. The van der Waals surface area contributed by atoms with E-state index in [1.165, 1.54) is 12.1 Å². The Kier molecular flexibility index (Phi) is 2.07. The first kappa shape index (κ1) is 9.59. The predicted octanol–water partition coefficient (Wildman–Crippen LogP) is 2.34. The first-order valence-electron chi connectivity index (χ1n) is 4.67. The lowest BCUT2D eigenvalue weighted by atomic mass is 10.0. The van der Waals surface area contributed by atoms with Gasteiger partial charge in [0.05, 0.1) is 5.60 Å². The van der Waals surface area contributed by atoms with E-state index in [4.69, 9.17) is 0 Å². The second kappa shape index (κ2) is 3.02. The molecule has 1 aromatic rings. The topological polar surface area (TPSA) is 20.2 Å². The third-order valence-corrected chi connectivity index (χ3v) is 2.62. The number of aliphatic hydroxyl groups is 1. The van der Waals surface area contributed by atoms with E-state index >= 15 is 0 Å². The van der Waals surface area contributed by atoms with Gasteiger partial charge in [-0.25, -0.2) is 8.78 Å². The largest absolute Gasteiger partial charge is 0.390 e. The maximum atomic E-state index is 13.3. The monoisotopic (exact) mass is 198 g/mol. The van der Waals surface area contributed by atoms with Crippen LogP contribution in [0, 0.1) is 18.6 Å². The molecule has 0 bridgehead atoms. The van der Waals surface area contributed by atoms with Crippen molar-refractivity contribution in [2.75, 3.05) is 0 Å². The van der Waals surface area contributed by atoms with E-state index in [2.05, 4.69) is 0 Å². The average Bonchev–Trinajstić information content (AvgIpc) is 2.77. The number of halogens is 2. The molecule has 0 spiro atoms. The fourth-order valence-corrected chi connectivity index (χ4v) is 1.55. The molecule has 0 aromatic heterocycles. The summed E-state index contributed by atoms with van der Waals surface area (Å²) in [5, 5.41) is 9.57. The van der Waals surface area contributed by atoms with Crippen LogP contribution in [0.4, 0.5) is 8.78 Å². The van der Waals surface area contributed by atoms with Gasteiger partial charge in [-0.05, 0) is 37.5 Å². The molecular formula is C11H12F2O. The van der Waals surface area contributed by atoms with Crippen LogP contribution >= 0.6 is 0 Å². The van der Waals surface area contributed by atoms with Crippen molar-refractivity contribution in [1.29, 1.82) is 0 Å². The van der Waals surface area contributed by atoms with Gasteiger partial charge in [-0.15, -0.1) is 0 Å². The Balaban J connectivity index is 2.32. The van der Waals surface area contributed by atoms with E-state index in [0.29, 0.717) is 18.4 Å². The van der Waals surface area contributed by atoms with E-state index in [1.807, 2.05) is 0 Å². The van der Waals surface area contributed by atoms with Crippen LogP contribution in [-0.2, 0) is 6.42 Å². The van der Waals surface area contributed by atoms with Gasteiger partial charge < -0.3 is 5.11 Å². The lowest BCUT2D eigenvalue weighted by Gasteiger charge is -2.10. The maximum absolute atomic E-state index is 13.3. The van der Waals surface area contributed by atoms with Gasteiger partial charge in [0.25, 0.3) is 0 Å². The van der Waals surface area contributed by atoms with Crippen molar-refractivity contribution in [3.05, 3.63) is 34.9 Å². The molecule has 1 N–H and O–H groups in total. The summed E-state index contributed by atoms with van der Waals surface area (Å²) in [4.78, 5) is 0. The molecule has 76 valence electrons. The molecule has 1 nitrogen and oxygen atoms in total. The Morgan fingerprint density at radius 2 is 1.79 bits per heavy atom. The number of rotatable bonds is 2. The molecule has 1 aromatic carbocycles. The average molecular weight is 198 g/mol. The van der Waals surface area contributed by atoms with Crippen molar-refractivity contribution in [3.63, 3.8) is 0 Å². The zero-order valence-corrected chi connectivity index (χ0v) is 7.98. The lowest BCUT2D eigenvalue weighted by Crippen LogP contribution is -2.13. The summed E-state index contributed by atoms with van der Waals surface area (Å²) in [7, 11) is 0. The molecule has 1 fully saturated rings. The van der Waals surface area contributed by atoms with E-state index < -0.39 is 17.2 Å². The smallest absolute Gasteiger partial charge is 0.129 e. The fourth-order valence-electron chi connectivity index (χ4n) is 1.55. The number of hydrogen-bond acceptors (Lipinski definition) is 1. The Bertz CT molecular complexity index is 347. The van der Waals surface area contributed by atoms with Gasteiger partial charge in [0.15, 0.2) is 0 Å². The summed E-state index contributed by atoms with van der Waals surface area (Å²) in [5.41, 5.74) is -0.279. The van der Waals surface area contributed by atoms with E-state index in [-0.39, 0.29) is 12.0 Å². The number of aryl methyl sites for hydroxylation is 1. The van der Waals surface area contributed by atoms with Gasteiger partial charge in [0.1, 0.15) is 11.6 Å². The molecule has 0 saturated heterocycles. The van der Waals surface area contributed by atoms with Gasteiger partial charge in [-0.2, -0.15) is 0 Å². The maximum Gasteiger partial charge on any atom is 0.129 e. The van der Waals surface area contributed by atoms with Crippen molar-refractivity contribution in [2.24, 2.45) is 0 Å². The molecule has 3 heteroatoms. The van der Waals surface area contributed by atoms with Gasteiger partial charge in [-0.3, -0.25) is 0 Å². The van der Waals surface area contributed by atoms with Crippen LogP contribution in [0.1, 0.15) is 24.0 Å². The first-order valence-corrected chi connectivity index (χ1v) is 4.67. The van der Waals surface area contributed by atoms with Gasteiger partial charge in [0.2, 0.25) is 0 Å². The molecule has 0 atom stereocenters. The molecular weight excluding hydrogens is 186 g/mol. The van der Waals surface area contributed by atoms with Gasteiger partial charge >= 0.3 is 0 Å². The lowest BCUT2D eigenvalue weighted by molar-refractivity contribution is 0.148. The molecule has 14 heavy (non-hydrogen) atoms. The minimum Gasteiger partial charge on any atom is -0.390 e. The minimum atomic E-state index is -0.850. The standard InChI is InChI=1S/C11H12F2O/c1-7-4-9(12)8(10(13)5-7)6-11(14)2-3-11/h4-5,14H,2-3,6H2,1H3. The highest BCUT2D eigenvalue weighted by molar-refractivity contribution is 5.27. The highest BCUT2D eigenvalue weighted by atomic mass is 19.1. The van der Waals surface area contributed by atoms with Crippen LogP contribution < -0.4 is 0 Å². The van der Waals surface area contributed by atoms with Crippen molar-refractivity contribution in [3.8, 4) is 0 Å². The van der Waals surface area contributed by atoms with Gasteiger partial charge in [-0.1, -0.05) is 0 Å². The van der Waals surface area contributed by atoms with Crippen LogP contribution in [0.5, 0.6) is 0 Å². The van der Waals surface area contributed by atoms with E-state index in [1.54, 1.807) is 6.92 Å². The molecule has 0 aliphatic heterocycles. The van der Waals surface area contributed by atoms with Crippen LogP contribution in [0.2, 0.25) is 0 Å². The van der Waals surface area contributed by atoms with Gasteiger partial charge in [0, 0.05) is 12.0 Å². The Morgan fingerprint density at radius 1 is 1.29 bits per heavy atom. The predicted molar refractivity (Wildman–Crippen MR) is 49.0 cm³/mol. The van der Waals surface area contributed by atoms with Crippen molar-refractivity contribution < 1.29 is 13.9 Å². The summed E-state index contributed by atoms with van der Waals surface area (Å²) >= 11 is 0. The SMILES string of the molecule is Cc1cc(F)c(CC2(O)CC2)c(F)c1. The van der Waals surface area contributed by atoms with E-state index in [9.17, 15) is 13.9 Å².